The van der Waals surface area contributed by atoms with Gasteiger partial charge in [-0.15, -0.1) is 18.3 Å². The summed E-state index contributed by atoms with van der Waals surface area (Å²) in [6.07, 6.45) is 11.5. The Morgan fingerprint density at radius 1 is 1.05 bits per heavy atom. The molecule has 0 unspecified atom stereocenters. The average molecular weight is 534 g/mol. The van der Waals surface area contributed by atoms with Gasteiger partial charge in [-0.25, -0.2) is 0 Å². The van der Waals surface area contributed by atoms with Crippen LogP contribution in [0.25, 0.3) is 5.57 Å². The standard InChI is InChI=1S/C35H51NOS/c1-8-13-14-23-36(12-5)25-33(11-4)38-27-29(7)34-24-28(6)17-22-35(34)37-26-30-18-20-32(21-19-30)31(15-9-2)16-10-3/h8,11,17-22,24,27,31H,1,9-10,12-16,23,25-26H2,2-7H3/b29-27+,33-11?. The van der Waals surface area contributed by atoms with Crippen molar-refractivity contribution in [1.29, 1.82) is 0 Å². The van der Waals surface area contributed by atoms with Crippen LogP contribution in [0.4, 0.5) is 0 Å². The van der Waals surface area contributed by atoms with Crippen molar-refractivity contribution < 1.29 is 4.74 Å². The Morgan fingerprint density at radius 2 is 1.76 bits per heavy atom. The van der Waals surface area contributed by atoms with Crippen LogP contribution in [-0.4, -0.2) is 24.5 Å². The van der Waals surface area contributed by atoms with E-state index >= 15 is 0 Å². The second-order valence-corrected chi connectivity index (χ2v) is 11.3. The SMILES string of the molecule is C=CCCCN(CC)CC(=CC)S/C=C(\C)c1cc(C)ccc1OCc1ccc(C(CCC)CCC)cc1. The maximum Gasteiger partial charge on any atom is 0.127 e. The largest absolute Gasteiger partial charge is 0.488 e. The molecule has 0 radical (unpaired) electrons. The van der Waals surface area contributed by atoms with Crippen LogP contribution >= 0.6 is 11.8 Å². The van der Waals surface area contributed by atoms with Crippen LogP contribution < -0.4 is 4.74 Å². The number of hydrogen-bond donors (Lipinski definition) is 0. The Morgan fingerprint density at radius 3 is 2.37 bits per heavy atom. The summed E-state index contributed by atoms with van der Waals surface area (Å²) in [7, 11) is 0. The molecule has 2 nitrogen and oxygen atoms in total. The number of aryl methyl sites for hydroxylation is 1. The first-order chi connectivity index (χ1) is 18.4. The van der Waals surface area contributed by atoms with E-state index in [2.05, 4.69) is 107 Å². The first-order valence-electron chi connectivity index (χ1n) is 14.6. The molecule has 0 aliphatic heterocycles. The Balaban J connectivity index is 2.08. The minimum atomic E-state index is 0.583. The number of benzene rings is 2. The van der Waals surface area contributed by atoms with E-state index in [1.165, 1.54) is 64.8 Å². The van der Waals surface area contributed by atoms with Crippen molar-refractivity contribution in [2.75, 3.05) is 19.6 Å². The number of hydrogen-bond acceptors (Lipinski definition) is 3. The van der Waals surface area contributed by atoms with Crippen molar-refractivity contribution in [2.45, 2.75) is 92.6 Å². The zero-order valence-corrected chi connectivity index (χ0v) is 25.7. The van der Waals surface area contributed by atoms with Gasteiger partial charge in [0.25, 0.3) is 0 Å². The van der Waals surface area contributed by atoms with Gasteiger partial charge in [0.1, 0.15) is 12.4 Å². The van der Waals surface area contributed by atoms with Gasteiger partial charge in [0, 0.05) is 12.1 Å². The molecule has 2 aromatic rings. The van der Waals surface area contributed by atoms with E-state index in [-0.39, 0.29) is 0 Å². The van der Waals surface area contributed by atoms with E-state index in [1.807, 2.05) is 17.8 Å². The summed E-state index contributed by atoms with van der Waals surface area (Å²) in [6, 6.07) is 15.6. The van der Waals surface area contributed by atoms with Crippen LogP contribution in [-0.2, 0) is 6.61 Å². The quantitative estimate of drug-likeness (QED) is 0.140. The lowest BCUT2D eigenvalue weighted by molar-refractivity contribution is 0.305. The monoisotopic (exact) mass is 533 g/mol. The van der Waals surface area contributed by atoms with Gasteiger partial charge in [0.2, 0.25) is 0 Å². The minimum Gasteiger partial charge on any atom is -0.488 e. The normalized spacial score (nSPS) is 12.4. The molecular formula is C35H51NOS. The third-order valence-electron chi connectivity index (χ3n) is 7.10. The van der Waals surface area contributed by atoms with E-state index in [9.17, 15) is 0 Å². The van der Waals surface area contributed by atoms with Crippen LogP contribution in [0.15, 0.2) is 71.5 Å². The van der Waals surface area contributed by atoms with Gasteiger partial charge < -0.3 is 4.74 Å². The zero-order chi connectivity index (χ0) is 27.8. The van der Waals surface area contributed by atoms with E-state index in [0.29, 0.717) is 12.5 Å². The summed E-state index contributed by atoms with van der Waals surface area (Å²) < 4.78 is 6.38. The Kier molecular flexibility index (Phi) is 15.3. The van der Waals surface area contributed by atoms with Crippen molar-refractivity contribution in [2.24, 2.45) is 0 Å². The summed E-state index contributed by atoms with van der Waals surface area (Å²) in [6.45, 7) is 20.9. The molecule has 3 heteroatoms. The molecule has 0 N–H and O–H groups in total. The summed E-state index contributed by atoms with van der Waals surface area (Å²) >= 11 is 1.83. The Labute approximate surface area is 238 Å². The van der Waals surface area contributed by atoms with Gasteiger partial charge in [-0.05, 0) is 105 Å². The van der Waals surface area contributed by atoms with Crippen molar-refractivity contribution >= 4 is 17.3 Å². The average Bonchev–Trinajstić information content (AvgIpc) is 2.93. The van der Waals surface area contributed by atoms with Gasteiger partial charge in [0.05, 0.1) is 0 Å². The molecule has 2 aromatic carbocycles. The van der Waals surface area contributed by atoms with E-state index in [1.54, 1.807) is 0 Å². The zero-order valence-electron chi connectivity index (χ0n) is 24.9. The minimum absolute atomic E-state index is 0.583. The molecule has 0 saturated heterocycles. The highest BCUT2D eigenvalue weighted by atomic mass is 32.2. The number of ether oxygens (including phenoxy) is 1. The van der Waals surface area contributed by atoms with Gasteiger partial charge in [-0.1, -0.05) is 81.7 Å². The van der Waals surface area contributed by atoms with Crippen molar-refractivity contribution in [3.63, 3.8) is 0 Å². The molecule has 0 saturated carbocycles. The van der Waals surface area contributed by atoms with Crippen molar-refractivity contribution in [3.05, 3.63) is 93.8 Å². The van der Waals surface area contributed by atoms with Gasteiger partial charge in [-0.3, -0.25) is 4.90 Å². The van der Waals surface area contributed by atoms with Crippen LogP contribution in [0, 0.1) is 6.92 Å². The van der Waals surface area contributed by atoms with Gasteiger partial charge in [-0.2, -0.15) is 0 Å². The predicted octanol–water partition coefficient (Wildman–Crippen LogP) is 10.5. The molecule has 2 rings (SSSR count). The highest BCUT2D eigenvalue weighted by Gasteiger charge is 2.11. The fourth-order valence-corrected chi connectivity index (χ4v) is 5.60. The molecule has 0 atom stereocenters. The van der Waals surface area contributed by atoms with E-state index in [4.69, 9.17) is 4.74 Å². The van der Waals surface area contributed by atoms with Crippen molar-refractivity contribution in [3.8, 4) is 5.75 Å². The smallest absolute Gasteiger partial charge is 0.127 e. The third kappa shape index (κ3) is 10.9. The molecule has 0 aliphatic carbocycles. The van der Waals surface area contributed by atoms with E-state index < -0.39 is 0 Å². The van der Waals surface area contributed by atoms with Crippen LogP contribution in [0.5, 0.6) is 5.75 Å². The first-order valence-corrected chi connectivity index (χ1v) is 15.5. The lowest BCUT2D eigenvalue weighted by Gasteiger charge is -2.21. The van der Waals surface area contributed by atoms with Crippen LogP contribution in [0.3, 0.4) is 0 Å². The highest BCUT2D eigenvalue weighted by Crippen LogP contribution is 2.32. The molecule has 0 fully saturated rings. The summed E-state index contributed by atoms with van der Waals surface area (Å²) in [5.74, 6) is 1.62. The molecule has 208 valence electrons. The highest BCUT2D eigenvalue weighted by molar-refractivity contribution is 8.06. The molecule has 0 aliphatic rings. The van der Waals surface area contributed by atoms with Crippen LogP contribution in [0.2, 0.25) is 0 Å². The van der Waals surface area contributed by atoms with Crippen LogP contribution in [0.1, 0.15) is 101 Å². The van der Waals surface area contributed by atoms with E-state index in [0.717, 1.165) is 31.8 Å². The summed E-state index contributed by atoms with van der Waals surface area (Å²) in [4.78, 5) is 3.89. The molecule has 38 heavy (non-hydrogen) atoms. The Hall–Kier alpha value is -2.23. The second-order valence-electron chi connectivity index (χ2n) is 10.3. The maximum atomic E-state index is 6.38. The molecule has 0 spiro atoms. The molecule has 0 heterocycles. The molecule has 0 bridgehead atoms. The lowest BCUT2D eigenvalue weighted by Crippen LogP contribution is -2.26. The lowest BCUT2D eigenvalue weighted by atomic mass is 9.90. The topological polar surface area (TPSA) is 12.5 Å². The number of rotatable bonds is 18. The van der Waals surface area contributed by atoms with Gasteiger partial charge in [0.15, 0.2) is 0 Å². The third-order valence-corrected chi connectivity index (χ3v) is 8.24. The first kappa shape index (κ1) is 32.0. The summed E-state index contributed by atoms with van der Waals surface area (Å²) in [5, 5.41) is 2.28. The van der Waals surface area contributed by atoms with Crippen molar-refractivity contribution in [1.82, 2.24) is 4.90 Å². The number of unbranched alkanes of at least 4 members (excludes halogenated alkanes) is 1. The fourth-order valence-electron chi connectivity index (χ4n) is 4.75. The molecular weight excluding hydrogens is 482 g/mol. The fraction of sp³-hybridized carbons (Fsp3) is 0.486. The molecule has 0 aromatic heterocycles. The summed E-state index contributed by atoms with van der Waals surface area (Å²) in [5.41, 5.74) is 6.34. The Bertz CT molecular complexity index is 1010. The number of thioether (sulfide) groups is 1. The number of nitrogens with zero attached hydrogens (tertiary/aromatic N) is 1. The number of allylic oxidation sites excluding steroid dienone is 3. The number of likely N-dealkylation sites (N-methyl/N-ethyl adjacent to an activating group) is 1. The van der Waals surface area contributed by atoms with Gasteiger partial charge >= 0.3 is 0 Å². The molecule has 0 amide bonds. The second kappa shape index (κ2) is 18.1. The predicted molar refractivity (Wildman–Crippen MR) is 171 cm³/mol. The maximum absolute atomic E-state index is 6.38.